The van der Waals surface area contributed by atoms with Crippen molar-refractivity contribution in [2.75, 3.05) is 13.1 Å². The monoisotopic (exact) mass is 408 g/mol. The summed E-state index contributed by atoms with van der Waals surface area (Å²) in [7, 11) is 0. The highest BCUT2D eigenvalue weighted by Gasteiger charge is 2.39. The van der Waals surface area contributed by atoms with Gasteiger partial charge in [-0.3, -0.25) is 29.0 Å². The summed E-state index contributed by atoms with van der Waals surface area (Å²) in [5.41, 5.74) is -0.337. The normalized spacial score (nSPS) is 14.9. The third-order valence-corrected chi connectivity index (χ3v) is 4.98. The standard InChI is InChI=1S/C20H12N2O8/c23-15-11-3-1-9(19(27)28)7-13(11)17(25)21(15)5-6-22-16(24)12-4-2-10(20(29)30)8-14(12)18(22)26/h1-4,7-8H,5-6H2,(H,27,28)(H,29,30). The zero-order valence-electron chi connectivity index (χ0n) is 15.1. The molecule has 2 aromatic carbocycles. The Bertz CT molecular complexity index is 1110. The zero-order valence-corrected chi connectivity index (χ0v) is 15.1. The summed E-state index contributed by atoms with van der Waals surface area (Å²) in [6, 6.07) is 7.11. The highest BCUT2D eigenvalue weighted by atomic mass is 16.4. The number of hydrogen-bond donors (Lipinski definition) is 2. The third kappa shape index (κ3) is 2.73. The summed E-state index contributed by atoms with van der Waals surface area (Å²) >= 11 is 0. The Morgan fingerprint density at radius 1 is 0.600 bits per heavy atom. The van der Waals surface area contributed by atoms with Crippen LogP contribution in [0.4, 0.5) is 0 Å². The van der Waals surface area contributed by atoms with E-state index < -0.39 is 35.6 Å². The van der Waals surface area contributed by atoms with Crippen LogP contribution in [0.2, 0.25) is 0 Å². The number of nitrogens with zero attached hydrogens (tertiary/aromatic N) is 2. The van der Waals surface area contributed by atoms with Crippen molar-refractivity contribution in [3.63, 3.8) is 0 Å². The molecule has 0 bridgehead atoms. The molecular weight excluding hydrogens is 396 g/mol. The predicted molar refractivity (Wildman–Crippen MR) is 97.5 cm³/mol. The Balaban J connectivity index is 1.54. The second-order valence-electron chi connectivity index (χ2n) is 6.65. The van der Waals surface area contributed by atoms with Crippen LogP contribution in [0, 0.1) is 0 Å². The molecule has 2 aromatic rings. The van der Waals surface area contributed by atoms with E-state index in [4.69, 9.17) is 10.2 Å². The van der Waals surface area contributed by atoms with E-state index in [1.54, 1.807) is 0 Å². The lowest BCUT2D eigenvalue weighted by Crippen LogP contribution is -2.40. The third-order valence-electron chi connectivity index (χ3n) is 4.98. The average molecular weight is 408 g/mol. The maximum atomic E-state index is 12.5. The summed E-state index contributed by atoms with van der Waals surface area (Å²) < 4.78 is 0. The van der Waals surface area contributed by atoms with Crippen LogP contribution in [0.1, 0.15) is 62.1 Å². The molecule has 30 heavy (non-hydrogen) atoms. The van der Waals surface area contributed by atoms with Crippen molar-refractivity contribution in [1.29, 1.82) is 0 Å². The second-order valence-corrected chi connectivity index (χ2v) is 6.65. The summed E-state index contributed by atoms with van der Waals surface area (Å²) in [5.74, 6) is -5.24. The second kappa shape index (κ2) is 6.62. The first-order valence-electron chi connectivity index (χ1n) is 8.67. The van der Waals surface area contributed by atoms with Gasteiger partial charge >= 0.3 is 11.9 Å². The van der Waals surface area contributed by atoms with Gasteiger partial charge < -0.3 is 10.2 Å². The lowest BCUT2D eigenvalue weighted by molar-refractivity contribution is 0.0560. The van der Waals surface area contributed by atoms with Crippen molar-refractivity contribution in [2.45, 2.75) is 0 Å². The molecule has 0 radical (unpaired) electrons. The Hall–Kier alpha value is -4.34. The van der Waals surface area contributed by atoms with Crippen LogP contribution in [0.25, 0.3) is 0 Å². The van der Waals surface area contributed by atoms with E-state index in [-0.39, 0.29) is 46.5 Å². The molecule has 0 saturated carbocycles. The van der Waals surface area contributed by atoms with E-state index >= 15 is 0 Å². The fourth-order valence-electron chi connectivity index (χ4n) is 3.45. The smallest absolute Gasteiger partial charge is 0.335 e. The molecule has 4 amide bonds. The molecule has 10 nitrogen and oxygen atoms in total. The predicted octanol–water partition coefficient (Wildman–Crippen LogP) is 0.975. The first-order valence-corrected chi connectivity index (χ1v) is 8.67. The first kappa shape index (κ1) is 19.0. The largest absolute Gasteiger partial charge is 0.478 e. The van der Waals surface area contributed by atoms with Gasteiger partial charge in [-0.25, -0.2) is 9.59 Å². The number of carbonyl (C=O) groups is 6. The molecule has 0 saturated heterocycles. The minimum absolute atomic E-state index is 0.0402. The molecule has 0 atom stereocenters. The Morgan fingerprint density at radius 3 is 1.27 bits per heavy atom. The summed E-state index contributed by atoms with van der Waals surface area (Å²) in [6.45, 7) is -0.571. The van der Waals surface area contributed by atoms with Gasteiger partial charge in [-0.05, 0) is 36.4 Å². The van der Waals surface area contributed by atoms with E-state index in [0.717, 1.165) is 21.9 Å². The lowest BCUT2D eigenvalue weighted by atomic mass is 10.1. The molecule has 2 heterocycles. The molecule has 2 aliphatic heterocycles. The first-order chi connectivity index (χ1) is 14.2. The van der Waals surface area contributed by atoms with Gasteiger partial charge in [0.05, 0.1) is 33.4 Å². The number of rotatable bonds is 5. The Labute approximate surface area is 167 Å². The van der Waals surface area contributed by atoms with Crippen LogP contribution in [0.5, 0.6) is 0 Å². The van der Waals surface area contributed by atoms with Crippen molar-refractivity contribution >= 4 is 35.6 Å². The van der Waals surface area contributed by atoms with Gasteiger partial charge in [-0.15, -0.1) is 0 Å². The van der Waals surface area contributed by atoms with Gasteiger partial charge in [-0.1, -0.05) is 0 Å². The number of benzene rings is 2. The molecule has 0 aliphatic carbocycles. The molecule has 2 aliphatic rings. The van der Waals surface area contributed by atoms with E-state index in [1.807, 2.05) is 0 Å². The number of carboxylic acid groups (broad SMARTS) is 2. The minimum Gasteiger partial charge on any atom is -0.478 e. The number of carboxylic acids is 2. The molecule has 150 valence electrons. The number of imide groups is 2. The number of carbonyl (C=O) groups excluding carboxylic acids is 4. The quantitative estimate of drug-likeness (QED) is 0.695. The number of fused-ring (bicyclic) bond motifs is 2. The molecule has 4 rings (SSSR count). The number of aromatic carboxylic acids is 2. The van der Waals surface area contributed by atoms with E-state index in [1.165, 1.54) is 24.3 Å². The van der Waals surface area contributed by atoms with Crippen molar-refractivity contribution in [3.8, 4) is 0 Å². The van der Waals surface area contributed by atoms with E-state index in [9.17, 15) is 28.8 Å². The molecule has 0 aromatic heterocycles. The zero-order chi connectivity index (χ0) is 21.7. The van der Waals surface area contributed by atoms with Gasteiger partial charge in [0.1, 0.15) is 0 Å². The Kier molecular flexibility index (Phi) is 4.19. The van der Waals surface area contributed by atoms with Crippen molar-refractivity contribution in [1.82, 2.24) is 9.80 Å². The summed E-state index contributed by atoms with van der Waals surface area (Å²) in [6.07, 6.45) is 0. The van der Waals surface area contributed by atoms with Gasteiger partial charge in [0, 0.05) is 13.1 Å². The molecule has 2 N–H and O–H groups in total. The Morgan fingerprint density at radius 2 is 0.933 bits per heavy atom. The van der Waals surface area contributed by atoms with Gasteiger partial charge in [0.15, 0.2) is 0 Å². The molecule has 0 spiro atoms. The van der Waals surface area contributed by atoms with E-state index in [2.05, 4.69) is 0 Å². The highest BCUT2D eigenvalue weighted by molar-refractivity contribution is 6.23. The fourth-order valence-corrected chi connectivity index (χ4v) is 3.45. The van der Waals surface area contributed by atoms with Crippen molar-refractivity contribution in [3.05, 3.63) is 69.8 Å². The van der Waals surface area contributed by atoms with Gasteiger partial charge in [0.25, 0.3) is 23.6 Å². The topological polar surface area (TPSA) is 149 Å². The van der Waals surface area contributed by atoms with Crippen molar-refractivity contribution in [2.24, 2.45) is 0 Å². The maximum Gasteiger partial charge on any atom is 0.335 e. The van der Waals surface area contributed by atoms with Crippen LogP contribution in [-0.2, 0) is 0 Å². The average Bonchev–Trinajstić information content (AvgIpc) is 3.10. The molecule has 10 heteroatoms. The van der Waals surface area contributed by atoms with Crippen molar-refractivity contribution < 1.29 is 39.0 Å². The number of amides is 4. The minimum atomic E-state index is -1.25. The van der Waals surface area contributed by atoms with Crippen LogP contribution in [-0.4, -0.2) is 68.7 Å². The van der Waals surface area contributed by atoms with Crippen LogP contribution in [0.3, 0.4) is 0 Å². The molecule has 0 unspecified atom stereocenters. The highest BCUT2D eigenvalue weighted by Crippen LogP contribution is 2.26. The lowest BCUT2D eigenvalue weighted by Gasteiger charge is -2.18. The van der Waals surface area contributed by atoms with E-state index in [0.29, 0.717) is 0 Å². The summed E-state index contributed by atoms with van der Waals surface area (Å²) in [5, 5.41) is 18.1. The summed E-state index contributed by atoms with van der Waals surface area (Å²) in [4.78, 5) is 73.9. The van der Waals surface area contributed by atoms with Gasteiger partial charge in [-0.2, -0.15) is 0 Å². The van der Waals surface area contributed by atoms with Crippen LogP contribution >= 0.6 is 0 Å². The fraction of sp³-hybridized carbons (Fsp3) is 0.100. The number of hydrogen-bond acceptors (Lipinski definition) is 6. The van der Waals surface area contributed by atoms with Crippen LogP contribution in [0.15, 0.2) is 36.4 Å². The van der Waals surface area contributed by atoms with Crippen LogP contribution < -0.4 is 0 Å². The SMILES string of the molecule is O=C(O)c1ccc2c(c1)C(=O)N(CCN1C(=O)c3ccc(C(=O)O)cc3C1=O)C2=O. The molecular formula is C20H12N2O8. The van der Waals surface area contributed by atoms with Gasteiger partial charge in [0.2, 0.25) is 0 Å². The molecule has 0 fully saturated rings. The maximum absolute atomic E-state index is 12.5.